The first-order chi connectivity index (χ1) is 7.57. The molecule has 0 amide bonds. The molecule has 0 fully saturated rings. The quantitative estimate of drug-likeness (QED) is 0.547. The van der Waals surface area contributed by atoms with Gasteiger partial charge in [-0.25, -0.2) is 0 Å². The van der Waals surface area contributed by atoms with Gasteiger partial charge in [0.05, 0.1) is 0 Å². The maximum Gasteiger partial charge on any atom is 3.00 e. The SMILES string of the molecule is CC1=CC(C)([N-]C(C)(C)C[SiH](C)C)C(C)=C1C.[Cl-].[Cl-].[Ti+3]. The molecule has 0 saturated carbocycles. The smallest absolute Gasteiger partial charge is 1.00 e. The third-order valence-corrected chi connectivity index (χ3v) is 5.67. The monoisotopic (exact) mass is 368 g/mol. The van der Waals surface area contributed by atoms with E-state index in [4.69, 9.17) is 5.32 Å². The second-order valence-electron chi connectivity index (χ2n) is 6.75. The zero-order valence-electron chi connectivity index (χ0n) is 14.1. The van der Waals surface area contributed by atoms with E-state index in [0.29, 0.717) is 0 Å². The van der Waals surface area contributed by atoms with E-state index in [2.05, 4.69) is 60.7 Å². The van der Waals surface area contributed by atoms with Crippen molar-refractivity contribution in [3.63, 3.8) is 0 Å². The molecule has 1 radical (unpaired) electrons. The van der Waals surface area contributed by atoms with Gasteiger partial charge in [-0.05, 0) is 20.8 Å². The van der Waals surface area contributed by atoms with Crippen molar-refractivity contribution >= 4 is 8.80 Å². The minimum atomic E-state index is -0.569. The van der Waals surface area contributed by atoms with E-state index < -0.39 is 8.80 Å². The first kappa shape index (κ1) is 25.9. The Morgan fingerprint density at radius 1 is 1.15 bits per heavy atom. The number of allylic oxidation sites excluding steroid dienone is 2. The number of nitrogens with zero attached hydrogens (tertiary/aromatic N) is 1. The maximum absolute atomic E-state index is 5.16. The maximum atomic E-state index is 5.16. The molecule has 0 bridgehead atoms. The van der Waals surface area contributed by atoms with Gasteiger partial charge in [-0.15, -0.1) is 5.54 Å². The number of hydrogen-bond donors (Lipinski definition) is 0. The van der Waals surface area contributed by atoms with Gasteiger partial charge in [0.1, 0.15) is 0 Å². The van der Waals surface area contributed by atoms with Crippen molar-refractivity contribution in [2.45, 2.75) is 71.8 Å². The Hall–Kier alpha value is 0.951. The molecule has 0 aromatic carbocycles. The third-order valence-electron chi connectivity index (χ3n) is 3.85. The van der Waals surface area contributed by atoms with Gasteiger partial charge in [-0.2, -0.15) is 0 Å². The first-order valence-electron chi connectivity index (χ1n) is 6.69. The summed E-state index contributed by atoms with van der Waals surface area (Å²) in [5, 5.41) is 5.16. The molecule has 0 aromatic rings. The molecule has 5 heteroatoms. The molecule has 0 N–H and O–H groups in total. The van der Waals surface area contributed by atoms with Crippen LogP contribution >= 0.6 is 0 Å². The first-order valence-corrected chi connectivity index (χ1v) is 9.82. The second kappa shape index (κ2) is 9.17. The minimum absolute atomic E-state index is 0. The van der Waals surface area contributed by atoms with Crippen LogP contribution in [-0.2, 0) is 21.7 Å². The van der Waals surface area contributed by atoms with E-state index in [1.165, 1.54) is 22.8 Å². The topological polar surface area (TPSA) is 14.1 Å². The molecule has 1 nitrogen and oxygen atoms in total. The molecule has 1 rings (SSSR count). The van der Waals surface area contributed by atoms with Gasteiger partial charge in [-0.3, -0.25) is 0 Å². The summed E-state index contributed by atoms with van der Waals surface area (Å²) in [6.07, 6.45) is 2.33. The Kier molecular flexibility index (Phi) is 11.9. The summed E-state index contributed by atoms with van der Waals surface area (Å²) in [6.45, 7) is 18.3. The van der Waals surface area contributed by atoms with Crippen molar-refractivity contribution in [3.05, 3.63) is 28.1 Å². The van der Waals surface area contributed by atoms with Crippen molar-refractivity contribution < 1.29 is 46.5 Å². The third kappa shape index (κ3) is 6.37. The summed E-state index contributed by atoms with van der Waals surface area (Å²) < 4.78 is 0. The van der Waals surface area contributed by atoms with Crippen molar-refractivity contribution in [1.82, 2.24) is 0 Å². The van der Waals surface area contributed by atoms with Crippen LogP contribution < -0.4 is 24.8 Å². The fourth-order valence-electron chi connectivity index (χ4n) is 3.10. The largest absolute Gasteiger partial charge is 3.00 e. The minimum Gasteiger partial charge on any atom is -1.00 e. The van der Waals surface area contributed by atoms with Crippen molar-refractivity contribution in [1.29, 1.82) is 0 Å². The fraction of sp³-hybridized carbons (Fsp3) is 0.733. The molecule has 1 aliphatic rings. The van der Waals surface area contributed by atoms with Gasteiger partial charge in [0.25, 0.3) is 0 Å². The standard InChI is InChI=1S/C15H28NSi.2ClH.Ti/c1-11-9-15(6,13(3)12(11)2)16-14(4,5)10-17(7)8;;;/h9,17H,10H2,1-8H3;2*1H;/q-1;;;+3/p-2. The summed E-state index contributed by atoms with van der Waals surface area (Å²) >= 11 is 0. The van der Waals surface area contributed by atoms with Gasteiger partial charge in [0, 0.05) is 8.80 Å². The fourth-order valence-corrected chi connectivity index (χ4v) is 5.19. The average Bonchev–Trinajstić information content (AvgIpc) is 2.26. The molecule has 1 unspecified atom stereocenters. The summed E-state index contributed by atoms with van der Waals surface area (Å²) in [4.78, 5) is 0. The number of hydrogen-bond acceptors (Lipinski definition) is 0. The summed E-state index contributed by atoms with van der Waals surface area (Å²) in [5.41, 5.74) is 4.28. The normalized spacial score (nSPS) is 21.9. The zero-order chi connectivity index (χ0) is 13.4. The van der Waals surface area contributed by atoms with Crippen LogP contribution in [-0.4, -0.2) is 19.9 Å². The van der Waals surface area contributed by atoms with Gasteiger partial charge in [0.2, 0.25) is 0 Å². The Balaban J connectivity index is -0.000000963. The van der Waals surface area contributed by atoms with E-state index in [1.54, 1.807) is 0 Å². The van der Waals surface area contributed by atoms with Gasteiger partial charge in [0.15, 0.2) is 0 Å². The Bertz CT molecular complexity index is 378. The van der Waals surface area contributed by atoms with Crippen LogP contribution in [0.2, 0.25) is 19.1 Å². The van der Waals surface area contributed by atoms with Crippen LogP contribution in [0.5, 0.6) is 0 Å². The van der Waals surface area contributed by atoms with Crippen molar-refractivity contribution in [2.75, 3.05) is 0 Å². The number of rotatable bonds is 4. The summed E-state index contributed by atoms with van der Waals surface area (Å²) in [5.74, 6) is 0. The molecular weight excluding hydrogens is 341 g/mol. The summed E-state index contributed by atoms with van der Waals surface area (Å²) in [7, 11) is -0.569. The molecule has 1 atom stereocenters. The van der Waals surface area contributed by atoms with Crippen LogP contribution in [0.4, 0.5) is 0 Å². The molecule has 1 aliphatic carbocycles. The van der Waals surface area contributed by atoms with Gasteiger partial charge < -0.3 is 30.1 Å². The van der Waals surface area contributed by atoms with Crippen LogP contribution in [0.1, 0.15) is 41.5 Å². The van der Waals surface area contributed by atoms with Crippen molar-refractivity contribution in [3.8, 4) is 0 Å². The van der Waals surface area contributed by atoms with E-state index in [9.17, 15) is 0 Å². The predicted octanol–water partition coefficient (Wildman–Crippen LogP) is -1.31. The van der Waals surface area contributed by atoms with Crippen molar-refractivity contribution in [2.24, 2.45) is 0 Å². The summed E-state index contributed by atoms with van der Waals surface area (Å²) in [6, 6.07) is 1.28. The molecule has 0 heterocycles. The Morgan fingerprint density at radius 3 is 1.90 bits per heavy atom. The number of halogens is 2. The Labute approximate surface area is 154 Å². The second-order valence-corrected chi connectivity index (χ2v) is 9.94. The van der Waals surface area contributed by atoms with Crippen LogP contribution in [0.25, 0.3) is 5.32 Å². The van der Waals surface area contributed by atoms with Crippen LogP contribution in [0, 0.1) is 0 Å². The molecular formula is C15H28Cl2NSiTi. The Morgan fingerprint density at radius 2 is 1.60 bits per heavy atom. The zero-order valence-corrected chi connectivity index (χ0v) is 18.3. The van der Waals surface area contributed by atoms with Gasteiger partial charge >= 0.3 is 21.7 Å². The van der Waals surface area contributed by atoms with Gasteiger partial charge in [-0.1, -0.05) is 68.2 Å². The molecule has 0 saturated heterocycles. The molecule has 0 aromatic heterocycles. The van der Waals surface area contributed by atoms with E-state index in [-0.39, 0.29) is 57.6 Å². The predicted molar refractivity (Wildman–Crippen MR) is 81.7 cm³/mol. The molecule has 0 aliphatic heterocycles. The molecule has 20 heavy (non-hydrogen) atoms. The average molecular weight is 369 g/mol. The molecule has 0 spiro atoms. The van der Waals surface area contributed by atoms with E-state index in [1.807, 2.05) is 0 Å². The van der Waals surface area contributed by atoms with E-state index in [0.717, 1.165) is 0 Å². The van der Waals surface area contributed by atoms with E-state index >= 15 is 0 Å². The molecule has 115 valence electrons. The van der Waals surface area contributed by atoms with Crippen LogP contribution in [0.3, 0.4) is 0 Å². The van der Waals surface area contributed by atoms with Crippen LogP contribution in [0.15, 0.2) is 22.8 Å².